The first kappa shape index (κ1) is 24.0. The summed E-state index contributed by atoms with van der Waals surface area (Å²) in [5, 5.41) is 13.9. The molecular formula is C26H35N3O3S. The van der Waals surface area contributed by atoms with Crippen LogP contribution in [0.3, 0.4) is 0 Å². The van der Waals surface area contributed by atoms with E-state index in [4.69, 9.17) is 0 Å². The largest absolute Gasteiger partial charge is 0.392 e. The summed E-state index contributed by atoms with van der Waals surface area (Å²) in [6.07, 6.45) is 4.66. The standard InChI is InChI=1S/C26H35N3O3S/c1-2-23(30)18-27-13-6-16-33(31,32)29-14-11-21(12-15-29)25-19-28-26-10-9-22(17-24(25)26)20-7-4-3-5-8-20/h3-5,7-10,17,19,21,23,27-28,30H,2,6,11-16,18H2,1H3. The number of fused-ring (bicyclic) bond motifs is 1. The summed E-state index contributed by atoms with van der Waals surface area (Å²) in [6.45, 7) is 4.18. The monoisotopic (exact) mass is 469 g/mol. The third kappa shape index (κ3) is 5.84. The number of hydrogen-bond acceptors (Lipinski definition) is 4. The number of hydrogen-bond donors (Lipinski definition) is 3. The van der Waals surface area contributed by atoms with Crippen LogP contribution in [0, 0.1) is 0 Å². The fourth-order valence-electron chi connectivity index (χ4n) is 4.66. The lowest BCUT2D eigenvalue weighted by Gasteiger charge is -2.31. The number of benzene rings is 2. The highest BCUT2D eigenvalue weighted by molar-refractivity contribution is 7.89. The van der Waals surface area contributed by atoms with Crippen molar-refractivity contribution in [1.29, 1.82) is 0 Å². The maximum Gasteiger partial charge on any atom is 0.214 e. The van der Waals surface area contributed by atoms with E-state index in [1.165, 1.54) is 22.1 Å². The molecule has 2 heterocycles. The fraction of sp³-hybridized carbons (Fsp3) is 0.462. The number of aromatic nitrogens is 1. The molecule has 3 aromatic rings. The fourth-order valence-corrected chi connectivity index (χ4v) is 6.19. The molecule has 1 unspecified atom stereocenters. The van der Waals surface area contributed by atoms with Gasteiger partial charge in [0.25, 0.3) is 0 Å². The number of rotatable bonds is 10. The van der Waals surface area contributed by atoms with E-state index in [1.54, 1.807) is 4.31 Å². The number of nitrogens with zero attached hydrogens (tertiary/aromatic N) is 1. The molecule has 1 saturated heterocycles. The van der Waals surface area contributed by atoms with Gasteiger partial charge in [-0.2, -0.15) is 0 Å². The topological polar surface area (TPSA) is 85.4 Å². The van der Waals surface area contributed by atoms with Crippen molar-refractivity contribution in [2.75, 3.05) is 31.9 Å². The van der Waals surface area contributed by atoms with E-state index < -0.39 is 10.0 Å². The molecule has 1 atom stereocenters. The summed E-state index contributed by atoms with van der Waals surface area (Å²) in [5.74, 6) is 0.508. The second-order valence-electron chi connectivity index (χ2n) is 8.98. The lowest BCUT2D eigenvalue weighted by molar-refractivity contribution is 0.167. The van der Waals surface area contributed by atoms with E-state index in [0.717, 1.165) is 18.4 Å². The van der Waals surface area contributed by atoms with Gasteiger partial charge in [-0.15, -0.1) is 0 Å². The first-order chi connectivity index (χ1) is 16.0. The number of aliphatic hydroxyl groups is 1. The van der Waals surface area contributed by atoms with Gasteiger partial charge in [-0.1, -0.05) is 43.3 Å². The first-order valence-electron chi connectivity index (χ1n) is 12.0. The Hall–Kier alpha value is -2.19. The molecule has 1 fully saturated rings. The van der Waals surface area contributed by atoms with Crippen molar-refractivity contribution in [3.8, 4) is 11.1 Å². The first-order valence-corrected chi connectivity index (χ1v) is 13.6. The van der Waals surface area contributed by atoms with Crippen LogP contribution in [0.25, 0.3) is 22.0 Å². The zero-order chi connectivity index (χ0) is 23.3. The maximum atomic E-state index is 12.8. The van der Waals surface area contributed by atoms with E-state index in [9.17, 15) is 13.5 Å². The smallest absolute Gasteiger partial charge is 0.214 e. The Morgan fingerprint density at radius 3 is 2.61 bits per heavy atom. The maximum absolute atomic E-state index is 12.8. The van der Waals surface area contributed by atoms with Crippen molar-refractivity contribution >= 4 is 20.9 Å². The van der Waals surface area contributed by atoms with Crippen LogP contribution < -0.4 is 5.32 Å². The third-order valence-electron chi connectivity index (χ3n) is 6.72. The molecule has 0 amide bonds. The van der Waals surface area contributed by atoms with Gasteiger partial charge in [-0.05, 0) is 67.0 Å². The number of nitrogens with one attached hydrogen (secondary N) is 2. The lowest BCUT2D eigenvalue weighted by atomic mass is 9.89. The minimum atomic E-state index is -3.24. The van der Waals surface area contributed by atoms with Crippen molar-refractivity contribution in [1.82, 2.24) is 14.6 Å². The Morgan fingerprint density at radius 1 is 1.12 bits per heavy atom. The van der Waals surface area contributed by atoms with Crippen molar-refractivity contribution in [2.24, 2.45) is 0 Å². The Kier molecular flexibility index (Phi) is 7.86. The van der Waals surface area contributed by atoms with Crippen LogP contribution in [0.15, 0.2) is 54.7 Å². The number of sulfonamides is 1. The van der Waals surface area contributed by atoms with Crippen molar-refractivity contribution in [3.63, 3.8) is 0 Å². The van der Waals surface area contributed by atoms with Crippen LogP contribution in [0.1, 0.15) is 44.1 Å². The molecule has 1 aliphatic rings. The third-order valence-corrected chi connectivity index (χ3v) is 8.67. The van der Waals surface area contributed by atoms with Crippen LogP contribution in [-0.2, 0) is 10.0 Å². The molecule has 3 N–H and O–H groups in total. The van der Waals surface area contributed by atoms with E-state index >= 15 is 0 Å². The number of aliphatic hydroxyl groups excluding tert-OH is 1. The van der Waals surface area contributed by atoms with E-state index in [2.05, 4.69) is 59.0 Å². The quantitative estimate of drug-likeness (QED) is 0.390. The van der Waals surface area contributed by atoms with Crippen LogP contribution in [0.5, 0.6) is 0 Å². The van der Waals surface area contributed by atoms with Gasteiger partial charge in [0.15, 0.2) is 0 Å². The van der Waals surface area contributed by atoms with E-state index in [0.29, 0.717) is 44.9 Å². The zero-order valence-electron chi connectivity index (χ0n) is 19.3. The predicted octanol–water partition coefficient (Wildman–Crippen LogP) is 4.09. The van der Waals surface area contributed by atoms with Crippen molar-refractivity contribution in [3.05, 3.63) is 60.3 Å². The molecule has 0 spiro atoms. The average molecular weight is 470 g/mol. The Labute approximate surface area is 197 Å². The molecule has 178 valence electrons. The molecule has 2 aromatic carbocycles. The molecular weight excluding hydrogens is 434 g/mol. The molecule has 7 heteroatoms. The SMILES string of the molecule is CCC(O)CNCCCS(=O)(=O)N1CCC(c2c[nH]c3ccc(-c4ccccc4)cc23)CC1. The molecule has 0 radical (unpaired) electrons. The summed E-state index contributed by atoms with van der Waals surface area (Å²) in [5.41, 5.74) is 4.81. The Bertz CT molecular complexity index is 1140. The molecule has 1 aliphatic heterocycles. The van der Waals surface area contributed by atoms with Crippen LogP contribution >= 0.6 is 0 Å². The van der Waals surface area contributed by atoms with Gasteiger partial charge in [0, 0.05) is 36.7 Å². The molecule has 6 nitrogen and oxygen atoms in total. The van der Waals surface area contributed by atoms with Gasteiger partial charge >= 0.3 is 0 Å². The average Bonchev–Trinajstić information content (AvgIpc) is 3.27. The summed E-state index contributed by atoms with van der Waals surface area (Å²) in [6, 6.07) is 16.9. The number of H-pyrrole nitrogens is 1. The van der Waals surface area contributed by atoms with Crippen LogP contribution in [0.2, 0.25) is 0 Å². The number of piperidine rings is 1. The second kappa shape index (κ2) is 10.8. The molecule has 0 aliphatic carbocycles. The van der Waals surface area contributed by atoms with E-state index in [-0.39, 0.29) is 11.9 Å². The summed E-state index contributed by atoms with van der Waals surface area (Å²) < 4.78 is 27.2. The van der Waals surface area contributed by atoms with Gasteiger partial charge in [-0.25, -0.2) is 12.7 Å². The molecule has 1 aromatic heterocycles. The summed E-state index contributed by atoms with van der Waals surface area (Å²) >= 11 is 0. The molecule has 4 rings (SSSR count). The Morgan fingerprint density at radius 2 is 1.88 bits per heavy atom. The number of aromatic amines is 1. The molecule has 33 heavy (non-hydrogen) atoms. The van der Waals surface area contributed by atoms with Crippen LogP contribution in [0.4, 0.5) is 0 Å². The predicted molar refractivity (Wildman–Crippen MR) is 135 cm³/mol. The summed E-state index contributed by atoms with van der Waals surface area (Å²) in [4.78, 5) is 3.40. The molecule has 0 bridgehead atoms. The van der Waals surface area contributed by atoms with Gasteiger partial charge < -0.3 is 15.4 Å². The van der Waals surface area contributed by atoms with Gasteiger partial charge in [0.05, 0.1) is 11.9 Å². The normalized spacial score (nSPS) is 16.9. The Balaban J connectivity index is 1.36. The highest BCUT2D eigenvalue weighted by Gasteiger charge is 2.29. The van der Waals surface area contributed by atoms with E-state index in [1.807, 2.05) is 13.0 Å². The second-order valence-corrected chi connectivity index (χ2v) is 11.1. The summed E-state index contributed by atoms with van der Waals surface area (Å²) in [7, 11) is -3.24. The zero-order valence-corrected chi connectivity index (χ0v) is 20.2. The minimum absolute atomic E-state index is 0.153. The van der Waals surface area contributed by atoms with Gasteiger partial charge in [-0.3, -0.25) is 0 Å². The van der Waals surface area contributed by atoms with Crippen molar-refractivity contribution < 1.29 is 13.5 Å². The van der Waals surface area contributed by atoms with Crippen molar-refractivity contribution in [2.45, 2.75) is 44.6 Å². The van der Waals surface area contributed by atoms with Gasteiger partial charge in [0.2, 0.25) is 10.0 Å². The highest BCUT2D eigenvalue weighted by atomic mass is 32.2. The minimum Gasteiger partial charge on any atom is -0.392 e. The van der Waals surface area contributed by atoms with Crippen LogP contribution in [-0.4, -0.2) is 60.8 Å². The highest BCUT2D eigenvalue weighted by Crippen LogP contribution is 2.35. The van der Waals surface area contributed by atoms with Gasteiger partial charge in [0.1, 0.15) is 0 Å². The lowest BCUT2D eigenvalue weighted by Crippen LogP contribution is -2.39. The molecule has 0 saturated carbocycles.